The highest BCUT2D eigenvalue weighted by molar-refractivity contribution is 5.90. The fourth-order valence-electron chi connectivity index (χ4n) is 3.08. The molecule has 0 amide bonds. The molecule has 2 atom stereocenters. The van der Waals surface area contributed by atoms with Gasteiger partial charge >= 0.3 is 5.97 Å². The summed E-state index contributed by atoms with van der Waals surface area (Å²) in [4.78, 5) is 33.9. The third kappa shape index (κ3) is 2.48. The average molecular weight is 314 g/mol. The van der Waals surface area contributed by atoms with E-state index in [1.165, 1.54) is 31.4 Å². The molecule has 2 rings (SSSR count). The fraction of sp³-hybridized carbons (Fsp3) is 0.312. The van der Waals surface area contributed by atoms with E-state index in [2.05, 4.69) is 0 Å². The standard InChI is InChI=1S/C16H14N2O5/c1-10-7-16(9-17,15(20)23-2)14(13(10)8-19)11-3-5-12(6-4-11)18(21)22/h3-6,8,14H,7H2,1-2H3/t14-,16+/m1/s1. The highest BCUT2D eigenvalue weighted by Gasteiger charge is 2.54. The van der Waals surface area contributed by atoms with Crippen LogP contribution in [0.3, 0.4) is 0 Å². The number of methoxy groups -OCH3 is 1. The highest BCUT2D eigenvalue weighted by Crippen LogP contribution is 2.52. The first-order valence-electron chi connectivity index (χ1n) is 6.80. The Bertz CT molecular complexity index is 745. The number of carbonyl (C=O) groups is 2. The maximum Gasteiger partial charge on any atom is 0.327 e. The molecule has 0 fully saturated rings. The van der Waals surface area contributed by atoms with E-state index in [-0.39, 0.29) is 12.1 Å². The molecule has 0 spiro atoms. The van der Waals surface area contributed by atoms with E-state index in [4.69, 9.17) is 4.74 Å². The van der Waals surface area contributed by atoms with Crippen molar-refractivity contribution in [1.29, 1.82) is 5.26 Å². The molecule has 0 N–H and O–H groups in total. The second-order valence-electron chi connectivity index (χ2n) is 5.39. The Hall–Kier alpha value is -3.01. The highest BCUT2D eigenvalue weighted by atomic mass is 16.6. The zero-order chi connectivity index (χ0) is 17.2. The molecule has 0 bridgehead atoms. The number of non-ortho nitro benzene ring substituents is 1. The van der Waals surface area contributed by atoms with Gasteiger partial charge in [0.1, 0.15) is 6.29 Å². The number of hydrogen-bond donors (Lipinski definition) is 0. The summed E-state index contributed by atoms with van der Waals surface area (Å²) < 4.78 is 4.77. The molecule has 0 saturated carbocycles. The summed E-state index contributed by atoms with van der Waals surface area (Å²) in [6, 6.07) is 7.48. The lowest BCUT2D eigenvalue weighted by atomic mass is 9.72. The van der Waals surface area contributed by atoms with Crippen molar-refractivity contribution in [2.24, 2.45) is 5.41 Å². The summed E-state index contributed by atoms with van der Waals surface area (Å²) >= 11 is 0. The molecule has 0 aliphatic heterocycles. The van der Waals surface area contributed by atoms with Crippen LogP contribution in [0.15, 0.2) is 35.4 Å². The van der Waals surface area contributed by atoms with E-state index in [0.29, 0.717) is 23.0 Å². The van der Waals surface area contributed by atoms with Gasteiger partial charge in [0.15, 0.2) is 5.41 Å². The van der Waals surface area contributed by atoms with Crippen LogP contribution in [0.4, 0.5) is 5.69 Å². The molecule has 0 radical (unpaired) electrons. The zero-order valence-electron chi connectivity index (χ0n) is 12.6. The lowest BCUT2D eigenvalue weighted by Gasteiger charge is -2.27. The normalized spacial score (nSPS) is 23.3. The van der Waals surface area contributed by atoms with E-state index in [1.54, 1.807) is 6.92 Å². The van der Waals surface area contributed by atoms with Crippen molar-refractivity contribution in [1.82, 2.24) is 0 Å². The van der Waals surface area contributed by atoms with E-state index in [1.807, 2.05) is 6.07 Å². The summed E-state index contributed by atoms with van der Waals surface area (Å²) in [6.07, 6.45) is 0.718. The predicted molar refractivity (Wildman–Crippen MR) is 79.3 cm³/mol. The number of ether oxygens (including phenoxy) is 1. The van der Waals surface area contributed by atoms with Gasteiger partial charge in [0.2, 0.25) is 0 Å². The molecule has 0 heterocycles. The number of benzene rings is 1. The predicted octanol–water partition coefficient (Wildman–Crippen LogP) is 2.28. The Morgan fingerprint density at radius 2 is 2.09 bits per heavy atom. The number of esters is 1. The molecule has 118 valence electrons. The molecule has 0 unspecified atom stereocenters. The Labute approximate surface area is 132 Å². The first-order valence-corrected chi connectivity index (χ1v) is 6.80. The van der Waals surface area contributed by atoms with Crippen molar-refractivity contribution in [2.45, 2.75) is 19.3 Å². The molecule has 1 aliphatic rings. The number of allylic oxidation sites excluding steroid dienone is 2. The largest absolute Gasteiger partial charge is 0.468 e. The Kier molecular flexibility index (Phi) is 4.27. The van der Waals surface area contributed by atoms with Crippen molar-refractivity contribution >= 4 is 17.9 Å². The number of nitrogens with zero attached hydrogens (tertiary/aromatic N) is 2. The molecule has 1 aliphatic carbocycles. The molecular formula is C16H14N2O5. The van der Waals surface area contributed by atoms with Crippen LogP contribution in [0.1, 0.15) is 24.8 Å². The smallest absolute Gasteiger partial charge is 0.327 e. The van der Waals surface area contributed by atoms with Gasteiger partial charge < -0.3 is 4.74 Å². The Morgan fingerprint density at radius 1 is 1.48 bits per heavy atom. The molecule has 23 heavy (non-hydrogen) atoms. The Balaban J connectivity index is 2.61. The first kappa shape index (κ1) is 16.4. The van der Waals surface area contributed by atoms with E-state index < -0.39 is 22.2 Å². The van der Waals surface area contributed by atoms with E-state index in [0.717, 1.165) is 0 Å². The van der Waals surface area contributed by atoms with Crippen LogP contribution in [0, 0.1) is 26.9 Å². The minimum atomic E-state index is -1.54. The molecule has 1 aromatic rings. The zero-order valence-corrected chi connectivity index (χ0v) is 12.6. The Morgan fingerprint density at radius 3 is 2.52 bits per heavy atom. The number of aldehydes is 1. The van der Waals surface area contributed by atoms with Crippen LogP contribution < -0.4 is 0 Å². The van der Waals surface area contributed by atoms with Gasteiger partial charge in [-0.2, -0.15) is 5.26 Å². The molecule has 7 heteroatoms. The summed E-state index contributed by atoms with van der Waals surface area (Å²) in [5, 5.41) is 20.4. The quantitative estimate of drug-likeness (QED) is 0.365. The fourth-order valence-corrected chi connectivity index (χ4v) is 3.08. The van der Waals surface area contributed by atoms with Crippen LogP contribution in [0.2, 0.25) is 0 Å². The summed E-state index contributed by atoms with van der Waals surface area (Å²) in [5.41, 5.74) is -0.186. The van der Waals surface area contributed by atoms with E-state index >= 15 is 0 Å². The minimum Gasteiger partial charge on any atom is -0.468 e. The molecule has 0 saturated heterocycles. The number of nitro benzene ring substituents is 1. The van der Waals surface area contributed by atoms with Crippen LogP contribution in [0.25, 0.3) is 0 Å². The summed E-state index contributed by atoms with van der Waals surface area (Å²) in [6.45, 7) is 1.68. The molecular weight excluding hydrogens is 300 g/mol. The number of rotatable bonds is 4. The van der Waals surface area contributed by atoms with Crippen molar-refractivity contribution in [3.05, 3.63) is 51.1 Å². The van der Waals surface area contributed by atoms with Crippen LogP contribution in [-0.4, -0.2) is 24.3 Å². The van der Waals surface area contributed by atoms with E-state index in [9.17, 15) is 25.0 Å². The van der Waals surface area contributed by atoms with Crippen molar-refractivity contribution in [3.63, 3.8) is 0 Å². The number of nitro groups is 1. The van der Waals surface area contributed by atoms with Gasteiger partial charge in [-0.15, -0.1) is 0 Å². The third-order valence-electron chi connectivity index (χ3n) is 4.15. The number of hydrogen-bond acceptors (Lipinski definition) is 6. The van der Waals surface area contributed by atoms with Gasteiger partial charge in [-0.05, 0) is 18.9 Å². The summed E-state index contributed by atoms with van der Waals surface area (Å²) in [7, 11) is 1.18. The van der Waals surface area contributed by atoms with Crippen molar-refractivity contribution < 1.29 is 19.2 Å². The molecule has 1 aromatic carbocycles. The first-order chi connectivity index (χ1) is 10.9. The van der Waals surface area contributed by atoms with Gasteiger partial charge in [0, 0.05) is 23.6 Å². The summed E-state index contributed by atoms with van der Waals surface area (Å²) in [5.74, 6) is -1.53. The van der Waals surface area contributed by atoms with Crippen LogP contribution in [0.5, 0.6) is 0 Å². The van der Waals surface area contributed by atoms with Gasteiger partial charge in [0.25, 0.3) is 5.69 Å². The van der Waals surface area contributed by atoms with Gasteiger partial charge in [-0.25, -0.2) is 0 Å². The lowest BCUT2D eigenvalue weighted by molar-refractivity contribution is -0.384. The monoisotopic (exact) mass is 314 g/mol. The van der Waals surface area contributed by atoms with Crippen molar-refractivity contribution in [3.8, 4) is 6.07 Å². The molecule has 7 nitrogen and oxygen atoms in total. The maximum atomic E-state index is 12.2. The van der Waals surface area contributed by atoms with Gasteiger partial charge in [-0.3, -0.25) is 19.7 Å². The SMILES string of the molecule is COC(=O)[C@]1(C#N)CC(C)=C(C=O)[C@H]1c1ccc([N+](=O)[O-])cc1. The average Bonchev–Trinajstić information content (AvgIpc) is 2.86. The molecule has 0 aromatic heterocycles. The van der Waals surface area contributed by atoms with Crippen LogP contribution in [-0.2, 0) is 14.3 Å². The van der Waals surface area contributed by atoms with Crippen LogP contribution >= 0.6 is 0 Å². The van der Waals surface area contributed by atoms with Gasteiger partial charge in [0.05, 0.1) is 18.1 Å². The minimum absolute atomic E-state index is 0.0892. The third-order valence-corrected chi connectivity index (χ3v) is 4.15. The number of nitriles is 1. The van der Waals surface area contributed by atoms with Gasteiger partial charge in [-0.1, -0.05) is 17.7 Å². The number of carbonyl (C=O) groups excluding carboxylic acids is 2. The maximum absolute atomic E-state index is 12.2. The second kappa shape index (κ2) is 6.01. The van der Waals surface area contributed by atoms with Crippen molar-refractivity contribution in [2.75, 3.05) is 7.11 Å². The second-order valence-corrected chi connectivity index (χ2v) is 5.39. The lowest BCUT2D eigenvalue weighted by Crippen LogP contribution is -2.35. The topological polar surface area (TPSA) is 110 Å².